The van der Waals surface area contributed by atoms with E-state index in [1.807, 2.05) is 47.6 Å². The van der Waals surface area contributed by atoms with Crippen LogP contribution in [0.5, 0.6) is 23.0 Å². The van der Waals surface area contributed by atoms with Gasteiger partial charge < -0.3 is 24.1 Å². The van der Waals surface area contributed by atoms with E-state index in [1.54, 1.807) is 61.5 Å². The molecule has 0 fully saturated rings. The van der Waals surface area contributed by atoms with Crippen molar-refractivity contribution in [2.24, 2.45) is 0 Å². The van der Waals surface area contributed by atoms with Crippen LogP contribution in [0.25, 0.3) is 0 Å². The molecule has 0 aliphatic carbocycles. The number of ether oxygens (including phenoxy) is 4. The fourth-order valence-electron chi connectivity index (χ4n) is 3.33. The number of carbonyl (C=O) groups excluding carboxylic acids is 2. The van der Waals surface area contributed by atoms with Crippen molar-refractivity contribution in [2.75, 3.05) is 0 Å². The highest BCUT2D eigenvalue weighted by Gasteiger charge is 2.22. The zero-order valence-electron chi connectivity index (χ0n) is 23.1. The summed E-state index contributed by atoms with van der Waals surface area (Å²) in [5, 5.41) is 10.2. The zero-order valence-corrected chi connectivity index (χ0v) is 23.1. The van der Waals surface area contributed by atoms with Gasteiger partial charge in [-0.1, -0.05) is 13.8 Å². The molecule has 1 N–H and O–H groups in total. The van der Waals surface area contributed by atoms with Gasteiger partial charge in [-0.2, -0.15) is 0 Å². The molecule has 0 bridgehead atoms. The second-order valence-corrected chi connectivity index (χ2v) is 10.1. The number of hydrogen-bond acceptors (Lipinski definition) is 7. The molecular weight excluding hydrogens is 484 g/mol. The lowest BCUT2D eigenvalue weighted by Gasteiger charge is -2.24. The molecule has 0 aliphatic heterocycles. The molecule has 0 aromatic heterocycles. The van der Waals surface area contributed by atoms with Crippen LogP contribution in [0.15, 0.2) is 60.7 Å². The molecule has 0 amide bonds. The molecule has 0 saturated heterocycles. The topological polar surface area (TPSA) is 91.3 Å². The Morgan fingerprint density at radius 1 is 0.737 bits per heavy atom. The maximum Gasteiger partial charge on any atom is 0.343 e. The van der Waals surface area contributed by atoms with E-state index in [0.29, 0.717) is 52.5 Å². The van der Waals surface area contributed by atoms with Crippen LogP contribution >= 0.6 is 0 Å². The fourth-order valence-corrected chi connectivity index (χ4v) is 3.33. The number of aryl methyl sites for hydroxylation is 2. The summed E-state index contributed by atoms with van der Waals surface area (Å²) in [4.78, 5) is 25.0. The molecule has 7 nitrogen and oxygen atoms in total. The minimum absolute atomic E-state index is 0.316. The molecule has 0 unspecified atom stereocenters. The molecule has 3 aromatic rings. The highest BCUT2D eigenvalue weighted by molar-refractivity contribution is 5.94. The van der Waals surface area contributed by atoms with Crippen LogP contribution in [-0.4, -0.2) is 28.4 Å². The van der Waals surface area contributed by atoms with E-state index in [4.69, 9.17) is 18.9 Å². The predicted octanol–water partition coefficient (Wildman–Crippen LogP) is 7.16. The lowest BCUT2D eigenvalue weighted by atomic mass is 10.1. The summed E-state index contributed by atoms with van der Waals surface area (Å²) in [6.45, 7) is 12.8. The molecule has 0 heterocycles. The van der Waals surface area contributed by atoms with Gasteiger partial charge in [-0.05, 0) is 106 Å². The van der Waals surface area contributed by atoms with Crippen molar-refractivity contribution in [1.82, 2.24) is 0 Å². The summed E-state index contributed by atoms with van der Waals surface area (Å²) in [7, 11) is 0. The predicted molar refractivity (Wildman–Crippen MR) is 145 cm³/mol. The van der Waals surface area contributed by atoms with Gasteiger partial charge in [0.05, 0.1) is 11.1 Å². The molecule has 0 radical (unpaired) electrons. The monoisotopic (exact) mass is 520 g/mol. The molecular formula is C31H36O7. The normalized spacial score (nSPS) is 12.8. The molecule has 38 heavy (non-hydrogen) atoms. The van der Waals surface area contributed by atoms with Crippen molar-refractivity contribution in [1.29, 1.82) is 0 Å². The highest BCUT2D eigenvalue weighted by atomic mass is 16.6. The first-order valence-electron chi connectivity index (χ1n) is 12.7. The molecule has 202 valence electrons. The van der Waals surface area contributed by atoms with E-state index in [0.717, 1.165) is 5.56 Å². The van der Waals surface area contributed by atoms with Crippen LogP contribution in [0.4, 0.5) is 0 Å². The van der Waals surface area contributed by atoms with E-state index < -0.39 is 23.3 Å². The summed E-state index contributed by atoms with van der Waals surface area (Å²) < 4.78 is 22.7. The van der Waals surface area contributed by atoms with Gasteiger partial charge in [0.1, 0.15) is 28.6 Å². The van der Waals surface area contributed by atoms with Crippen LogP contribution in [0.2, 0.25) is 0 Å². The number of esters is 2. The SMILES string of the molecule is CCC(C)(C)OC(=O)c1ccc(C(=O)Oc2ccc(Oc3ccc(O[C@](C)(O)CC)c(C)c3)cc2C)cc1. The number of aliphatic hydroxyl groups is 1. The van der Waals surface area contributed by atoms with E-state index >= 15 is 0 Å². The van der Waals surface area contributed by atoms with Crippen LogP contribution in [0, 0.1) is 13.8 Å². The van der Waals surface area contributed by atoms with Crippen molar-refractivity contribution in [3.63, 3.8) is 0 Å². The number of rotatable bonds is 10. The third-order valence-electron chi connectivity index (χ3n) is 6.29. The lowest BCUT2D eigenvalue weighted by Crippen LogP contribution is -2.30. The van der Waals surface area contributed by atoms with Crippen molar-refractivity contribution < 1.29 is 33.6 Å². The van der Waals surface area contributed by atoms with Gasteiger partial charge in [-0.15, -0.1) is 0 Å². The number of benzene rings is 3. The van der Waals surface area contributed by atoms with Crippen molar-refractivity contribution >= 4 is 11.9 Å². The Kier molecular flexibility index (Phi) is 8.84. The maximum absolute atomic E-state index is 12.7. The first-order valence-corrected chi connectivity index (χ1v) is 12.7. The van der Waals surface area contributed by atoms with Gasteiger partial charge in [0.25, 0.3) is 0 Å². The van der Waals surface area contributed by atoms with E-state index in [1.165, 1.54) is 0 Å². The second kappa shape index (κ2) is 11.7. The lowest BCUT2D eigenvalue weighted by molar-refractivity contribution is -0.123. The van der Waals surface area contributed by atoms with Crippen LogP contribution < -0.4 is 14.2 Å². The Labute approximate surface area is 224 Å². The summed E-state index contributed by atoms with van der Waals surface area (Å²) >= 11 is 0. The Hall–Kier alpha value is -3.84. The second-order valence-electron chi connectivity index (χ2n) is 10.1. The van der Waals surface area contributed by atoms with Crippen LogP contribution in [0.3, 0.4) is 0 Å². The summed E-state index contributed by atoms with van der Waals surface area (Å²) in [6, 6.07) is 16.7. The molecule has 0 aliphatic rings. The number of carbonyl (C=O) groups is 2. The quantitative estimate of drug-likeness (QED) is 0.172. The average Bonchev–Trinajstić information content (AvgIpc) is 2.87. The Bertz CT molecular complexity index is 1290. The molecule has 1 atom stereocenters. The van der Waals surface area contributed by atoms with Crippen LogP contribution in [0.1, 0.15) is 79.3 Å². The first kappa shape index (κ1) is 28.7. The highest BCUT2D eigenvalue weighted by Crippen LogP contribution is 2.32. The molecule has 3 rings (SSSR count). The first-order chi connectivity index (χ1) is 17.8. The van der Waals surface area contributed by atoms with Gasteiger partial charge in [-0.25, -0.2) is 9.59 Å². The third-order valence-corrected chi connectivity index (χ3v) is 6.29. The maximum atomic E-state index is 12.7. The summed E-state index contributed by atoms with van der Waals surface area (Å²) in [5.41, 5.74) is 1.66. The Morgan fingerprint density at radius 3 is 1.71 bits per heavy atom. The molecule has 0 saturated carbocycles. The Balaban J connectivity index is 1.64. The van der Waals surface area contributed by atoms with E-state index in [-0.39, 0.29) is 0 Å². The zero-order chi connectivity index (χ0) is 28.1. The van der Waals surface area contributed by atoms with Gasteiger partial charge >= 0.3 is 11.9 Å². The molecule has 0 spiro atoms. The minimum atomic E-state index is -1.24. The minimum Gasteiger partial charge on any atom is -0.463 e. The summed E-state index contributed by atoms with van der Waals surface area (Å²) in [5.74, 6) is -0.0466. The third kappa shape index (κ3) is 7.59. The van der Waals surface area contributed by atoms with Gasteiger partial charge in [0, 0.05) is 13.3 Å². The van der Waals surface area contributed by atoms with Gasteiger partial charge in [-0.3, -0.25) is 0 Å². The van der Waals surface area contributed by atoms with E-state index in [9.17, 15) is 14.7 Å². The van der Waals surface area contributed by atoms with Gasteiger partial charge in [0.2, 0.25) is 5.79 Å². The Morgan fingerprint density at radius 2 is 1.24 bits per heavy atom. The number of hydrogen-bond donors (Lipinski definition) is 1. The van der Waals surface area contributed by atoms with Crippen LogP contribution in [-0.2, 0) is 4.74 Å². The molecule has 3 aromatic carbocycles. The largest absolute Gasteiger partial charge is 0.463 e. The molecule has 7 heteroatoms. The van der Waals surface area contributed by atoms with Crippen molar-refractivity contribution in [3.05, 3.63) is 82.9 Å². The summed E-state index contributed by atoms with van der Waals surface area (Å²) in [6.07, 6.45) is 1.15. The van der Waals surface area contributed by atoms with E-state index in [2.05, 4.69) is 0 Å². The standard InChI is InChI=1S/C31H36O7/c1-8-30(5,6)38-29(33)23-12-10-22(11-13-23)28(32)36-26-16-14-24(18-20(26)3)35-25-15-17-27(21(4)19-25)37-31(7,34)9-2/h10-19,34H,8-9H2,1-7H3/t31-/m0/s1. The fraction of sp³-hybridized carbons (Fsp3) is 0.355. The van der Waals surface area contributed by atoms with Crippen molar-refractivity contribution in [3.8, 4) is 23.0 Å². The smallest absolute Gasteiger partial charge is 0.343 e. The van der Waals surface area contributed by atoms with Crippen molar-refractivity contribution in [2.45, 2.75) is 72.7 Å². The van der Waals surface area contributed by atoms with Gasteiger partial charge in [0.15, 0.2) is 0 Å². The average molecular weight is 521 g/mol.